The lowest BCUT2D eigenvalue weighted by Crippen LogP contribution is -2.45. The molecule has 2 aliphatic rings. The van der Waals surface area contributed by atoms with Gasteiger partial charge in [0, 0.05) is 32.7 Å². The Balaban J connectivity index is 1.46. The summed E-state index contributed by atoms with van der Waals surface area (Å²) in [5, 5.41) is 14.8. The van der Waals surface area contributed by atoms with Crippen LogP contribution >= 0.6 is 0 Å². The number of ether oxygens (including phenoxy) is 1. The molecule has 2 aliphatic heterocycles. The van der Waals surface area contributed by atoms with Gasteiger partial charge in [0.2, 0.25) is 5.69 Å². The number of halogens is 2. The molecule has 9 nitrogen and oxygen atoms in total. The number of nitro groups is 1. The van der Waals surface area contributed by atoms with E-state index in [0.717, 1.165) is 38.7 Å². The number of hydrogen-bond acceptors (Lipinski definition) is 6. The van der Waals surface area contributed by atoms with Crippen molar-refractivity contribution in [2.24, 2.45) is 5.92 Å². The lowest BCUT2D eigenvalue weighted by Gasteiger charge is -2.38. The number of carbonyl (C=O) groups excluding carboxylic acids is 1. The van der Waals surface area contributed by atoms with Crippen LogP contribution in [0.2, 0.25) is 0 Å². The minimum Gasteiger partial charge on any atom is -0.444 e. The van der Waals surface area contributed by atoms with Crippen LogP contribution in [0.25, 0.3) is 0 Å². The topological polar surface area (TPSA) is 93.7 Å². The van der Waals surface area contributed by atoms with Gasteiger partial charge < -0.3 is 14.5 Å². The van der Waals surface area contributed by atoms with Gasteiger partial charge in [0.05, 0.1) is 11.0 Å². The van der Waals surface area contributed by atoms with E-state index in [4.69, 9.17) is 4.74 Å². The number of nitrogens with zero attached hydrogens (tertiary/aromatic N) is 5. The van der Waals surface area contributed by atoms with Crippen LogP contribution in [0.3, 0.4) is 0 Å². The number of aromatic nitrogens is 2. The molecule has 3 heterocycles. The highest BCUT2D eigenvalue weighted by Gasteiger charge is 2.32. The number of carbonyl (C=O) groups is 1. The average Bonchev–Trinajstić information content (AvgIpc) is 3.14. The monoisotopic (exact) mass is 443 g/mol. The minimum absolute atomic E-state index is 0.114. The summed E-state index contributed by atoms with van der Waals surface area (Å²) in [5.74, 6) is 0.492. The first kappa shape index (κ1) is 23.4. The molecule has 1 aromatic heterocycles. The van der Waals surface area contributed by atoms with Gasteiger partial charge in [-0.15, -0.1) is 0 Å². The highest BCUT2D eigenvalue weighted by Crippen LogP contribution is 2.31. The normalized spacial score (nSPS) is 19.7. The first-order chi connectivity index (χ1) is 14.5. The Bertz CT molecular complexity index is 779. The van der Waals surface area contributed by atoms with E-state index >= 15 is 0 Å². The summed E-state index contributed by atoms with van der Waals surface area (Å²) in [5.41, 5.74) is -1.87. The van der Waals surface area contributed by atoms with E-state index in [0.29, 0.717) is 31.8 Å². The van der Waals surface area contributed by atoms with Gasteiger partial charge in [-0.1, -0.05) is 0 Å². The maximum Gasteiger partial charge on any atom is 0.410 e. The Morgan fingerprint density at radius 2 is 1.84 bits per heavy atom. The third kappa shape index (κ3) is 6.11. The van der Waals surface area contributed by atoms with Crippen LogP contribution in [0.4, 0.5) is 19.3 Å². The highest BCUT2D eigenvalue weighted by atomic mass is 19.3. The van der Waals surface area contributed by atoms with E-state index in [-0.39, 0.29) is 12.1 Å². The molecule has 31 heavy (non-hydrogen) atoms. The SMILES string of the molecule is CC(C)(C)OC(=O)N1CCC(CN2CCC(n3cc([N+](=O)[O-])c(C(F)F)n3)CC2)CC1. The molecule has 1 amide bonds. The van der Waals surface area contributed by atoms with E-state index in [1.807, 2.05) is 20.8 Å². The number of likely N-dealkylation sites (tertiary alicyclic amines) is 2. The quantitative estimate of drug-likeness (QED) is 0.504. The predicted molar refractivity (Wildman–Crippen MR) is 109 cm³/mol. The molecule has 3 rings (SSSR count). The predicted octanol–water partition coefficient (Wildman–Crippen LogP) is 4.01. The van der Waals surface area contributed by atoms with Gasteiger partial charge in [0.1, 0.15) is 11.8 Å². The smallest absolute Gasteiger partial charge is 0.410 e. The van der Waals surface area contributed by atoms with Crippen LogP contribution in [0.1, 0.15) is 64.6 Å². The van der Waals surface area contributed by atoms with Gasteiger partial charge in [-0.25, -0.2) is 13.6 Å². The van der Waals surface area contributed by atoms with Gasteiger partial charge in [0.15, 0.2) is 0 Å². The Morgan fingerprint density at radius 1 is 1.23 bits per heavy atom. The van der Waals surface area contributed by atoms with Gasteiger partial charge >= 0.3 is 11.8 Å². The second-order valence-electron chi connectivity index (χ2n) is 9.38. The summed E-state index contributed by atoms with van der Waals surface area (Å²) in [6.45, 7) is 9.44. The number of amides is 1. The second-order valence-corrected chi connectivity index (χ2v) is 9.38. The van der Waals surface area contributed by atoms with Crippen LogP contribution in [-0.4, -0.2) is 68.9 Å². The molecule has 2 saturated heterocycles. The Labute approximate surface area is 180 Å². The van der Waals surface area contributed by atoms with Crippen molar-refractivity contribution in [3.8, 4) is 0 Å². The van der Waals surface area contributed by atoms with Crippen LogP contribution < -0.4 is 0 Å². The molecular formula is C20H31F2N5O4. The molecule has 0 aliphatic carbocycles. The molecule has 0 atom stereocenters. The standard InChI is InChI=1S/C20H31F2N5O4/c1-20(2,3)31-19(28)25-10-4-14(5-11-25)12-24-8-6-15(7-9-24)26-13-16(27(29)30)17(23-26)18(21)22/h13-15,18H,4-12H2,1-3H3. The first-order valence-electron chi connectivity index (χ1n) is 10.8. The lowest BCUT2D eigenvalue weighted by atomic mass is 9.95. The van der Waals surface area contributed by atoms with E-state index in [1.54, 1.807) is 4.90 Å². The van der Waals surface area contributed by atoms with Crippen molar-refractivity contribution in [1.29, 1.82) is 0 Å². The van der Waals surface area contributed by atoms with Crippen LogP contribution in [0.5, 0.6) is 0 Å². The summed E-state index contributed by atoms with van der Waals surface area (Å²) < 4.78 is 32.8. The van der Waals surface area contributed by atoms with Crippen LogP contribution in [-0.2, 0) is 4.74 Å². The summed E-state index contributed by atoms with van der Waals surface area (Å²) >= 11 is 0. The molecule has 0 aromatic carbocycles. The van der Waals surface area contributed by atoms with Crippen molar-refractivity contribution in [3.05, 3.63) is 22.0 Å². The molecule has 0 spiro atoms. The van der Waals surface area contributed by atoms with Crippen molar-refractivity contribution >= 4 is 11.8 Å². The number of alkyl halides is 2. The van der Waals surface area contributed by atoms with Crippen molar-refractivity contribution in [2.45, 2.75) is 64.5 Å². The molecule has 2 fully saturated rings. The average molecular weight is 443 g/mol. The van der Waals surface area contributed by atoms with Gasteiger partial charge in [-0.05, 0) is 52.4 Å². The highest BCUT2D eigenvalue weighted by molar-refractivity contribution is 5.68. The van der Waals surface area contributed by atoms with Crippen LogP contribution in [0.15, 0.2) is 6.20 Å². The fraction of sp³-hybridized carbons (Fsp3) is 0.800. The van der Waals surface area contributed by atoms with E-state index < -0.39 is 28.3 Å². The molecule has 1 aromatic rings. The zero-order chi connectivity index (χ0) is 22.8. The third-order valence-electron chi connectivity index (χ3n) is 5.86. The maximum atomic E-state index is 13.0. The fourth-order valence-electron chi connectivity index (χ4n) is 4.24. The summed E-state index contributed by atoms with van der Waals surface area (Å²) in [7, 11) is 0. The molecule has 0 N–H and O–H groups in total. The Hall–Kier alpha value is -2.30. The summed E-state index contributed by atoms with van der Waals surface area (Å²) in [6.07, 6.45) is 1.16. The van der Waals surface area contributed by atoms with Gasteiger partial charge in [-0.2, -0.15) is 5.10 Å². The number of rotatable bonds is 5. The van der Waals surface area contributed by atoms with Crippen molar-refractivity contribution in [3.63, 3.8) is 0 Å². The van der Waals surface area contributed by atoms with Crippen molar-refractivity contribution in [1.82, 2.24) is 19.6 Å². The van der Waals surface area contributed by atoms with Crippen LogP contribution in [0, 0.1) is 16.0 Å². The molecule has 0 radical (unpaired) electrons. The zero-order valence-corrected chi connectivity index (χ0v) is 18.3. The third-order valence-corrected chi connectivity index (χ3v) is 5.86. The van der Waals surface area contributed by atoms with Gasteiger partial charge in [-0.3, -0.25) is 14.8 Å². The van der Waals surface area contributed by atoms with E-state index in [1.165, 1.54) is 4.68 Å². The Kier molecular flexibility index (Phi) is 7.13. The van der Waals surface area contributed by atoms with Crippen molar-refractivity contribution in [2.75, 3.05) is 32.7 Å². The molecule has 0 bridgehead atoms. The second kappa shape index (κ2) is 9.46. The summed E-state index contributed by atoms with van der Waals surface area (Å²) in [4.78, 5) is 26.5. The molecule has 174 valence electrons. The number of hydrogen-bond donors (Lipinski definition) is 0. The molecule has 11 heteroatoms. The van der Waals surface area contributed by atoms with E-state index in [2.05, 4.69) is 10.00 Å². The molecular weight excluding hydrogens is 412 g/mol. The molecule has 0 unspecified atom stereocenters. The first-order valence-corrected chi connectivity index (χ1v) is 10.8. The number of piperidine rings is 2. The molecule has 0 saturated carbocycles. The Morgan fingerprint density at radius 3 is 2.32 bits per heavy atom. The summed E-state index contributed by atoms with van der Waals surface area (Å²) in [6, 6.07) is -0.114. The lowest BCUT2D eigenvalue weighted by molar-refractivity contribution is -0.386. The van der Waals surface area contributed by atoms with E-state index in [9.17, 15) is 23.7 Å². The van der Waals surface area contributed by atoms with Gasteiger partial charge in [0.25, 0.3) is 6.43 Å². The zero-order valence-electron chi connectivity index (χ0n) is 18.3. The van der Waals surface area contributed by atoms with Crippen molar-refractivity contribution < 1.29 is 23.2 Å². The maximum absolute atomic E-state index is 13.0. The largest absolute Gasteiger partial charge is 0.444 e. The minimum atomic E-state index is -2.96. The fourth-order valence-corrected chi connectivity index (χ4v) is 4.24.